The molecule has 11 heteroatoms. The smallest absolute Gasteiger partial charge is 0.268 e. The number of amides is 1. The molecule has 0 atom stereocenters. The van der Waals surface area contributed by atoms with E-state index in [0.717, 1.165) is 55.6 Å². The topological polar surface area (TPSA) is 99.3 Å². The Balaban J connectivity index is 1.44. The monoisotopic (exact) mass is 615 g/mol. The van der Waals surface area contributed by atoms with Crippen LogP contribution in [0.15, 0.2) is 95.1 Å². The quantitative estimate of drug-likeness (QED) is 0.187. The van der Waals surface area contributed by atoms with E-state index in [-0.39, 0.29) is 16.6 Å². The average molecular weight is 616 g/mol. The lowest BCUT2D eigenvalue weighted by molar-refractivity contribution is -0.128. The SMILES string of the molecule is CCOc1ccc(-n2c(SCC(=O)N3CCCCCC3)nnc2-c2cn(S(=O)(=O)c3ccccc3)c3ccccc23)cc1. The van der Waals surface area contributed by atoms with Crippen molar-refractivity contribution in [2.75, 3.05) is 25.4 Å². The van der Waals surface area contributed by atoms with Gasteiger partial charge in [0, 0.05) is 35.9 Å². The molecule has 1 fully saturated rings. The normalized spacial score (nSPS) is 14.1. The average Bonchev–Trinajstić information content (AvgIpc) is 3.52. The van der Waals surface area contributed by atoms with E-state index in [4.69, 9.17) is 4.74 Å². The number of carbonyl (C=O) groups is 1. The molecule has 1 aliphatic rings. The Hall–Kier alpha value is -4.09. The van der Waals surface area contributed by atoms with Crippen molar-refractivity contribution in [2.45, 2.75) is 42.7 Å². The van der Waals surface area contributed by atoms with E-state index in [1.165, 1.54) is 15.7 Å². The summed E-state index contributed by atoms with van der Waals surface area (Å²) in [6.45, 7) is 4.05. The van der Waals surface area contributed by atoms with Gasteiger partial charge in [0.05, 0.1) is 22.8 Å². The van der Waals surface area contributed by atoms with E-state index in [1.54, 1.807) is 42.6 Å². The van der Waals surface area contributed by atoms with Gasteiger partial charge in [-0.05, 0) is 62.2 Å². The van der Waals surface area contributed by atoms with Crippen LogP contribution in [-0.4, -0.2) is 63.4 Å². The Morgan fingerprint density at radius 2 is 1.58 bits per heavy atom. The highest BCUT2D eigenvalue weighted by Crippen LogP contribution is 2.36. The van der Waals surface area contributed by atoms with Gasteiger partial charge < -0.3 is 9.64 Å². The highest BCUT2D eigenvalue weighted by atomic mass is 32.2. The summed E-state index contributed by atoms with van der Waals surface area (Å²) < 4.78 is 36.4. The number of hydrogen-bond acceptors (Lipinski definition) is 7. The molecule has 0 spiro atoms. The Morgan fingerprint density at radius 1 is 0.884 bits per heavy atom. The zero-order valence-corrected chi connectivity index (χ0v) is 25.6. The minimum Gasteiger partial charge on any atom is -0.494 e. The number of fused-ring (bicyclic) bond motifs is 1. The fourth-order valence-corrected chi connectivity index (χ4v) is 7.64. The highest BCUT2D eigenvalue weighted by Gasteiger charge is 2.26. The van der Waals surface area contributed by atoms with Gasteiger partial charge in [-0.15, -0.1) is 10.2 Å². The number of para-hydroxylation sites is 1. The summed E-state index contributed by atoms with van der Waals surface area (Å²) in [5.41, 5.74) is 1.92. The Morgan fingerprint density at radius 3 is 2.30 bits per heavy atom. The van der Waals surface area contributed by atoms with E-state index in [9.17, 15) is 13.2 Å². The summed E-state index contributed by atoms with van der Waals surface area (Å²) in [5, 5.41) is 10.4. The van der Waals surface area contributed by atoms with Crippen molar-refractivity contribution >= 4 is 38.6 Å². The number of aromatic nitrogens is 4. The fraction of sp³-hybridized carbons (Fsp3) is 0.281. The highest BCUT2D eigenvalue weighted by molar-refractivity contribution is 7.99. The maximum absolute atomic E-state index is 13.8. The summed E-state index contributed by atoms with van der Waals surface area (Å²) in [6, 6.07) is 23.3. The Bertz CT molecular complexity index is 1820. The molecule has 9 nitrogen and oxygen atoms in total. The fourth-order valence-electron chi connectivity index (χ4n) is 5.40. The maximum Gasteiger partial charge on any atom is 0.268 e. The minimum atomic E-state index is -3.88. The molecule has 3 heterocycles. The molecule has 1 amide bonds. The first kappa shape index (κ1) is 29.0. The molecule has 0 N–H and O–H groups in total. The van der Waals surface area contributed by atoms with Crippen molar-refractivity contribution in [3.8, 4) is 22.8 Å². The number of ether oxygens (including phenoxy) is 1. The third-order valence-corrected chi connectivity index (χ3v) is 10.1. The van der Waals surface area contributed by atoms with E-state index in [2.05, 4.69) is 10.2 Å². The zero-order valence-electron chi connectivity index (χ0n) is 23.9. The number of rotatable bonds is 9. The van der Waals surface area contributed by atoms with Crippen LogP contribution in [-0.2, 0) is 14.8 Å². The third-order valence-electron chi connectivity index (χ3n) is 7.54. The minimum absolute atomic E-state index is 0.0836. The molecule has 43 heavy (non-hydrogen) atoms. The molecule has 5 aromatic rings. The second kappa shape index (κ2) is 12.6. The van der Waals surface area contributed by atoms with Crippen LogP contribution in [0.3, 0.4) is 0 Å². The molecule has 2 aromatic heterocycles. The summed E-state index contributed by atoms with van der Waals surface area (Å²) in [6.07, 6.45) is 5.97. The van der Waals surface area contributed by atoms with Crippen LogP contribution in [0.4, 0.5) is 0 Å². The van der Waals surface area contributed by atoms with Crippen LogP contribution in [0.1, 0.15) is 32.6 Å². The van der Waals surface area contributed by atoms with Gasteiger partial charge in [0.1, 0.15) is 5.75 Å². The van der Waals surface area contributed by atoms with Gasteiger partial charge in [-0.2, -0.15) is 0 Å². The van der Waals surface area contributed by atoms with Crippen molar-refractivity contribution in [2.24, 2.45) is 0 Å². The predicted octanol–water partition coefficient (Wildman–Crippen LogP) is 6.02. The number of nitrogens with zero attached hydrogens (tertiary/aromatic N) is 5. The first-order valence-corrected chi connectivity index (χ1v) is 16.9. The first-order valence-electron chi connectivity index (χ1n) is 14.5. The number of likely N-dealkylation sites (tertiary alicyclic amines) is 1. The molecule has 1 saturated heterocycles. The molecule has 0 saturated carbocycles. The van der Waals surface area contributed by atoms with E-state index in [1.807, 2.05) is 58.9 Å². The van der Waals surface area contributed by atoms with E-state index in [0.29, 0.717) is 28.7 Å². The van der Waals surface area contributed by atoms with Crippen LogP contribution in [0.5, 0.6) is 5.75 Å². The summed E-state index contributed by atoms with van der Waals surface area (Å²) in [7, 11) is -3.88. The number of benzene rings is 3. The van der Waals surface area contributed by atoms with Crippen LogP contribution in [0.2, 0.25) is 0 Å². The van der Waals surface area contributed by atoms with Crippen LogP contribution >= 0.6 is 11.8 Å². The molecule has 222 valence electrons. The van der Waals surface area contributed by atoms with E-state index >= 15 is 0 Å². The van der Waals surface area contributed by atoms with Gasteiger partial charge in [-0.25, -0.2) is 12.4 Å². The van der Waals surface area contributed by atoms with Gasteiger partial charge in [0.25, 0.3) is 10.0 Å². The van der Waals surface area contributed by atoms with Crippen molar-refractivity contribution in [3.05, 3.63) is 85.1 Å². The van der Waals surface area contributed by atoms with Gasteiger partial charge >= 0.3 is 0 Å². The molecule has 0 unspecified atom stereocenters. The lowest BCUT2D eigenvalue weighted by atomic mass is 10.1. The second-order valence-corrected chi connectivity index (χ2v) is 13.1. The summed E-state index contributed by atoms with van der Waals surface area (Å²) in [5.74, 6) is 1.53. The van der Waals surface area contributed by atoms with Gasteiger partial charge in [-0.1, -0.05) is 61.0 Å². The van der Waals surface area contributed by atoms with Gasteiger partial charge in [0.15, 0.2) is 11.0 Å². The number of hydrogen-bond donors (Lipinski definition) is 0. The Labute approximate surface area is 255 Å². The first-order chi connectivity index (χ1) is 21.0. The van der Waals surface area contributed by atoms with Gasteiger partial charge in [0.2, 0.25) is 5.91 Å². The number of carbonyl (C=O) groups excluding carboxylic acids is 1. The largest absolute Gasteiger partial charge is 0.494 e. The zero-order chi connectivity index (χ0) is 29.8. The lowest BCUT2D eigenvalue weighted by Crippen LogP contribution is -2.33. The number of thioether (sulfide) groups is 1. The van der Waals surface area contributed by atoms with Crippen molar-refractivity contribution in [1.82, 2.24) is 23.6 Å². The molecular formula is C32H33N5O4S2. The third kappa shape index (κ3) is 5.92. The second-order valence-electron chi connectivity index (χ2n) is 10.3. The van der Waals surface area contributed by atoms with Gasteiger partial charge in [-0.3, -0.25) is 9.36 Å². The molecule has 0 bridgehead atoms. The van der Waals surface area contributed by atoms with Crippen LogP contribution in [0.25, 0.3) is 28.0 Å². The van der Waals surface area contributed by atoms with Crippen LogP contribution in [0, 0.1) is 0 Å². The van der Waals surface area contributed by atoms with Crippen molar-refractivity contribution < 1.29 is 17.9 Å². The molecule has 1 aliphatic heterocycles. The molecule has 0 radical (unpaired) electrons. The van der Waals surface area contributed by atoms with Crippen molar-refractivity contribution in [1.29, 1.82) is 0 Å². The molecule has 3 aromatic carbocycles. The van der Waals surface area contributed by atoms with Crippen molar-refractivity contribution in [3.63, 3.8) is 0 Å². The van der Waals surface area contributed by atoms with E-state index < -0.39 is 10.0 Å². The predicted molar refractivity (Wildman–Crippen MR) is 168 cm³/mol. The molecular weight excluding hydrogens is 583 g/mol. The summed E-state index contributed by atoms with van der Waals surface area (Å²) >= 11 is 1.34. The molecule has 6 rings (SSSR count). The maximum atomic E-state index is 13.8. The Kier molecular flexibility index (Phi) is 8.53. The standard InChI is InChI=1S/C32H33N5O4S2/c1-2-41-25-18-16-24(17-19-25)37-31(33-34-32(37)42-23-30(38)35-20-10-3-4-11-21-35)28-22-36(29-15-9-8-14-27(28)29)43(39,40)26-12-6-5-7-13-26/h5-9,12-19,22H,2-4,10-11,20-21,23H2,1H3. The van der Waals surface area contributed by atoms with Crippen LogP contribution < -0.4 is 4.74 Å². The summed E-state index contributed by atoms with van der Waals surface area (Å²) in [4.78, 5) is 15.3. The lowest BCUT2D eigenvalue weighted by Gasteiger charge is -2.20. The molecule has 0 aliphatic carbocycles.